The van der Waals surface area contributed by atoms with Crippen LogP contribution in [0.2, 0.25) is 0 Å². The number of carbonyl (C=O) groups is 1. The van der Waals surface area contributed by atoms with Crippen LogP contribution in [0.15, 0.2) is 24.5 Å². The average Bonchev–Trinajstić information content (AvgIpc) is 2.96. The van der Waals surface area contributed by atoms with Gasteiger partial charge in [0.05, 0.1) is 36.6 Å². The summed E-state index contributed by atoms with van der Waals surface area (Å²) in [5, 5.41) is 15.6. The fraction of sp³-hybridized carbons (Fsp3) is 0.286. The van der Waals surface area contributed by atoms with Gasteiger partial charge in [-0.2, -0.15) is 0 Å². The van der Waals surface area contributed by atoms with E-state index in [1.807, 2.05) is 0 Å². The minimum Gasteiger partial charge on any atom is -0.506 e. The van der Waals surface area contributed by atoms with E-state index in [0.29, 0.717) is 24.4 Å². The number of rotatable bonds is 3. The van der Waals surface area contributed by atoms with Gasteiger partial charge in [0, 0.05) is 19.0 Å². The third-order valence-electron chi connectivity index (χ3n) is 3.51. The molecule has 7 nitrogen and oxygen atoms in total. The summed E-state index contributed by atoms with van der Waals surface area (Å²) in [6.07, 6.45) is 2.13. The monoisotopic (exact) mass is 288 g/mol. The second kappa shape index (κ2) is 5.45. The number of aromatic amines is 1. The number of phenols is 1. The fourth-order valence-electron chi connectivity index (χ4n) is 2.32. The molecule has 0 spiro atoms. The van der Waals surface area contributed by atoms with E-state index < -0.39 is 0 Å². The number of aromatic hydroxyl groups is 1. The van der Waals surface area contributed by atoms with Gasteiger partial charge in [0.2, 0.25) is 5.91 Å². The molecule has 7 heteroatoms. The van der Waals surface area contributed by atoms with Gasteiger partial charge in [0.25, 0.3) is 0 Å². The first-order valence-corrected chi connectivity index (χ1v) is 6.59. The maximum atomic E-state index is 12.3. The molecule has 21 heavy (non-hydrogen) atoms. The van der Waals surface area contributed by atoms with Crippen LogP contribution in [-0.2, 0) is 17.8 Å². The molecule has 110 valence electrons. The van der Waals surface area contributed by atoms with Crippen molar-refractivity contribution in [1.29, 1.82) is 0 Å². The molecule has 3 rings (SSSR count). The lowest BCUT2D eigenvalue weighted by atomic mass is 10.0. The molecule has 0 aliphatic carbocycles. The highest BCUT2D eigenvalue weighted by Gasteiger charge is 2.26. The van der Waals surface area contributed by atoms with E-state index in [4.69, 9.17) is 4.74 Å². The maximum Gasteiger partial charge on any atom is 0.242 e. The molecule has 0 fully saturated rings. The van der Waals surface area contributed by atoms with Gasteiger partial charge in [0.1, 0.15) is 11.5 Å². The second-order valence-corrected chi connectivity index (χ2v) is 4.84. The Kier molecular flexibility index (Phi) is 3.49. The first-order chi connectivity index (χ1) is 10.2. The van der Waals surface area contributed by atoms with Crippen LogP contribution in [-0.4, -0.2) is 34.1 Å². The van der Waals surface area contributed by atoms with E-state index in [2.05, 4.69) is 20.6 Å². The van der Waals surface area contributed by atoms with Crippen LogP contribution in [0.3, 0.4) is 0 Å². The minimum atomic E-state index is -0.383. The Bertz CT molecular complexity index is 668. The molecule has 4 N–H and O–H groups in total. The smallest absolute Gasteiger partial charge is 0.242 e. The number of anilines is 1. The molecule has 1 amide bonds. The Hall–Kier alpha value is -2.54. The molecule has 1 aliphatic heterocycles. The van der Waals surface area contributed by atoms with Crippen LogP contribution in [0, 0.1) is 0 Å². The number of nitrogens with one attached hydrogen (secondary N) is 3. The van der Waals surface area contributed by atoms with Crippen LogP contribution in [0.25, 0.3) is 0 Å². The molecule has 1 unspecified atom stereocenters. The van der Waals surface area contributed by atoms with E-state index in [-0.39, 0.29) is 17.7 Å². The topological polar surface area (TPSA) is 99.3 Å². The molecule has 2 aromatic rings. The standard InChI is InChI=1S/C14H16N4O3/c1-21-8-2-3-13(19)10(4-8)18-14(20)11-5-9-12(6-15-11)17-7-16-9/h2-4,7,11,15,19H,5-6H2,1H3,(H,16,17)(H,18,20). The zero-order valence-electron chi connectivity index (χ0n) is 11.5. The normalized spacial score (nSPS) is 17.1. The van der Waals surface area contributed by atoms with Crippen molar-refractivity contribution in [3.63, 3.8) is 0 Å². The zero-order valence-corrected chi connectivity index (χ0v) is 11.5. The Morgan fingerprint density at radius 3 is 3.19 bits per heavy atom. The van der Waals surface area contributed by atoms with Gasteiger partial charge in [0.15, 0.2) is 0 Å². The summed E-state index contributed by atoms with van der Waals surface area (Å²) in [6, 6.07) is 4.30. The summed E-state index contributed by atoms with van der Waals surface area (Å²) in [4.78, 5) is 19.5. The molecule has 1 aromatic heterocycles. The number of imidazole rings is 1. The molecule has 1 atom stereocenters. The highest BCUT2D eigenvalue weighted by atomic mass is 16.5. The minimum absolute atomic E-state index is 0.000387. The van der Waals surface area contributed by atoms with Crippen molar-refractivity contribution >= 4 is 11.6 Å². The third-order valence-corrected chi connectivity index (χ3v) is 3.51. The van der Waals surface area contributed by atoms with Crippen molar-refractivity contribution in [1.82, 2.24) is 15.3 Å². The number of methoxy groups -OCH3 is 1. The number of ether oxygens (including phenoxy) is 1. The molecule has 2 heterocycles. The SMILES string of the molecule is COc1ccc(O)c(NC(=O)C2Cc3nc[nH]c3CN2)c1. The highest BCUT2D eigenvalue weighted by Crippen LogP contribution is 2.28. The van der Waals surface area contributed by atoms with E-state index in [1.165, 1.54) is 13.2 Å². The lowest BCUT2D eigenvalue weighted by molar-refractivity contribution is -0.118. The van der Waals surface area contributed by atoms with Crippen LogP contribution < -0.4 is 15.4 Å². The third kappa shape index (κ3) is 2.68. The lowest BCUT2D eigenvalue weighted by Gasteiger charge is -2.22. The number of hydrogen-bond acceptors (Lipinski definition) is 5. The first-order valence-electron chi connectivity index (χ1n) is 6.59. The summed E-state index contributed by atoms with van der Waals surface area (Å²) in [6.45, 7) is 0.567. The highest BCUT2D eigenvalue weighted by molar-refractivity contribution is 5.96. The molecule has 0 bridgehead atoms. The quantitative estimate of drug-likeness (QED) is 0.625. The molecule has 1 aliphatic rings. The second-order valence-electron chi connectivity index (χ2n) is 4.84. The van der Waals surface area contributed by atoms with Gasteiger partial charge in [-0.15, -0.1) is 0 Å². The number of aromatic nitrogens is 2. The largest absolute Gasteiger partial charge is 0.506 e. The van der Waals surface area contributed by atoms with Gasteiger partial charge in [-0.25, -0.2) is 4.98 Å². The zero-order chi connectivity index (χ0) is 14.8. The summed E-state index contributed by atoms with van der Waals surface area (Å²) >= 11 is 0. The maximum absolute atomic E-state index is 12.3. The summed E-state index contributed by atoms with van der Waals surface area (Å²) in [5.74, 6) is 0.349. The number of H-pyrrole nitrogens is 1. The predicted octanol–water partition coefficient (Wildman–Crippen LogP) is 0.777. The van der Waals surface area contributed by atoms with Gasteiger partial charge in [-0.05, 0) is 12.1 Å². The van der Waals surface area contributed by atoms with Crippen molar-refractivity contribution < 1.29 is 14.6 Å². The summed E-state index contributed by atoms with van der Waals surface area (Å²) in [7, 11) is 1.53. The van der Waals surface area contributed by atoms with Gasteiger partial charge >= 0.3 is 0 Å². The molecular formula is C14H16N4O3. The van der Waals surface area contributed by atoms with Crippen molar-refractivity contribution in [3.05, 3.63) is 35.9 Å². The van der Waals surface area contributed by atoms with Crippen LogP contribution in [0.5, 0.6) is 11.5 Å². The number of benzene rings is 1. The van der Waals surface area contributed by atoms with Crippen molar-refractivity contribution in [2.24, 2.45) is 0 Å². The van der Waals surface area contributed by atoms with Crippen LogP contribution in [0.1, 0.15) is 11.4 Å². The van der Waals surface area contributed by atoms with Crippen LogP contribution in [0.4, 0.5) is 5.69 Å². The number of hydrogen-bond donors (Lipinski definition) is 4. The van der Waals surface area contributed by atoms with E-state index in [0.717, 1.165) is 11.4 Å². The Morgan fingerprint density at radius 2 is 2.38 bits per heavy atom. The molecule has 0 radical (unpaired) electrons. The molecule has 0 saturated heterocycles. The molecular weight excluding hydrogens is 272 g/mol. The lowest BCUT2D eigenvalue weighted by Crippen LogP contribution is -2.44. The number of fused-ring (bicyclic) bond motifs is 1. The van der Waals surface area contributed by atoms with Crippen molar-refractivity contribution in [2.45, 2.75) is 19.0 Å². The van der Waals surface area contributed by atoms with E-state index in [9.17, 15) is 9.90 Å². The summed E-state index contributed by atoms with van der Waals surface area (Å²) in [5.41, 5.74) is 2.22. The number of amides is 1. The van der Waals surface area contributed by atoms with Crippen LogP contribution >= 0.6 is 0 Å². The molecule has 1 aromatic carbocycles. The summed E-state index contributed by atoms with van der Waals surface area (Å²) < 4.78 is 5.08. The van der Waals surface area contributed by atoms with E-state index >= 15 is 0 Å². The number of phenolic OH excluding ortho intramolecular Hbond substituents is 1. The van der Waals surface area contributed by atoms with Crippen molar-refractivity contribution in [2.75, 3.05) is 12.4 Å². The number of nitrogens with zero attached hydrogens (tertiary/aromatic N) is 1. The van der Waals surface area contributed by atoms with E-state index in [1.54, 1.807) is 18.5 Å². The van der Waals surface area contributed by atoms with Gasteiger partial charge in [-0.3, -0.25) is 10.1 Å². The average molecular weight is 288 g/mol. The van der Waals surface area contributed by atoms with Crippen molar-refractivity contribution in [3.8, 4) is 11.5 Å². The first kappa shape index (κ1) is 13.4. The predicted molar refractivity (Wildman–Crippen MR) is 76.2 cm³/mol. The van der Waals surface area contributed by atoms with Gasteiger partial charge in [-0.1, -0.05) is 0 Å². The van der Waals surface area contributed by atoms with Gasteiger partial charge < -0.3 is 20.1 Å². The fourth-order valence-corrected chi connectivity index (χ4v) is 2.32. The molecule has 0 saturated carbocycles. The Balaban J connectivity index is 1.72. The Morgan fingerprint density at radius 1 is 1.52 bits per heavy atom. The number of carbonyl (C=O) groups excluding carboxylic acids is 1. The Labute approximate surface area is 121 Å².